The van der Waals surface area contributed by atoms with Crippen molar-refractivity contribution in [2.24, 2.45) is 0 Å². The maximum atomic E-state index is 12.6. The van der Waals surface area contributed by atoms with Crippen molar-refractivity contribution in [3.63, 3.8) is 0 Å². The number of aromatic nitrogens is 1. The van der Waals surface area contributed by atoms with E-state index in [-0.39, 0.29) is 11.8 Å². The molecule has 0 spiro atoms. The summed E-state index contributed by atoms with van der Waals surface area (Å²) in [6.07, 6.45) is 8.06. The van der Waals surface area contributed by atoms with Crippen LogP contribution < -0.4 is 5.32 Å². The van der Waals surface area contributed by atoms with Crippen LogP contribution in [0.4, 0.5) is 5.82 Å². The molecule has 0 saturated heterocycles. The number of likely N-dealkylation sites (N-methyl/N-ethyl adjacent to an activating group) is 1. The molecule has 29 heavy (non-hydrogen) atoms. The molecule has 0 unspecified atom stereocenters. The molecule has 1 aromatic heterocycles. The van der Waals surface area contributed by atoms with Gasteiger partial charge in [0.1, 0.15) is 5.82 Å². The smallest absolute Gasteiger partial charge is 0.246 e. The lowest BCUT2D eigenvalue weighted by Gasteiger charge is -2.25. The normalized spacial score (nSPS) is 17.5. The molecule has 0 saturated carbocycles. The molecular formula is C23H24N4O2. The molecule has 6 heteroatoms. The summed E-state index contributed by atoms with van der Waals surface area (Å²) in [7, 11) is 1.90. The highest BCUT2D eigenvalue weighted by atomic mass is 16.2. The average Bonchev–Trinajstić information content (AvgIpc) is 2.88. The van der Waals surface area contributed by atoms with Crippen LogP contribution in [0, 0.1) is 0 Å². The first kappa shape index (κ1) is 19.1. The number of nitrogens with one attached hydrogen (secondary N) is 1. The van der Waals surface area contributed by atoms with Crippen LogP contribution in [-0.2, 0) is 16.1 Å². The summed E-state index contributed by atoms with van der Waals surface area (Å²) in [5.74, 6) is 0.524. The Balaban J connectivity index is 1.42. The standard InChI is InChI=1S/C23H24N4O2/c1-26-15-20-13-17(14-24-23(20)25-21(28)16-26)7-8-22(29)27-11-9-19(10-12-27)18-5-3-2-4-6-18/h2-9,13-14H,10-12,15-16H2,1H3,(H,24,25,28). The van der Waals surface area contributed by atoms with Gasteiger partial charge in [-0.05, 0) is 42.3 Å². The Morgan fingerprint density at radius 1 is 1.21 bits per heavy atom. The van der Waals surface area contributed by atoms with Gasteiger partial charge in [0, 0.05) is 37.5 Å². The van der Waals surface area contributed by atoms with Gasteiger partial charge in [-0.3, -0.25) is 14.5 Å². The van der Waals surface area contributed by atoms with Gasteiger partial charge < -0.3 is 10.2 Å². The van der Waals surface area contributed by atoms with Crippen molar-refractivity contribution in [3.8, 4) is 0 Å². The number of rotatable bonds is 3. The van der Waals surface area contributed by atoms with Crippen molar-refractivity contribution in [3.05, 3.63) is 71.4 Å². The number of fused-ring (bicyclic) bond motifs is 1. The van der Waals surface area contributed by atoms with Gasteiger partial charge in [-0.1, -0.05) is 36.4 Å². The molecule has 0 radical (unpaired) electrons. The Morgan fingerprint density at radius 3 is 2.79 bits per heavy atom. The van der Waals surface area contributed by atoms with E-state index >= 15 is 0 Å². The number of nitrogens with zero attached hydrogens (tertiary/aromatic N) is 3. The van der Waals surface area contributed by atoms with Gasteiger partial charge >= 0.3 is 0 Å². The lowest BCUT2D eigenvalue weighted by atomic mass is 9.99. The zero-order valence-corrected chi connectivity index (χ0v) is 16.5. The van der Waals surface area contributed by atoms with Gasteiger partial charge in [0.2, 0.25) is 11.8 Å². The topological polar surface area (TPSA) is 65.5 Å². The fourth-order valence-corrected chi connectivity index (χ4v) is 3.67. The third kappa shape index (κ3) is 4.60. The van der Waals surface area contributed by atoms with Crippen LogP contribution in [0.3, 0.4) is 0 Å². The lowest BCUT2D eigenvalue weighted by molar-refractivity contribution is -0.125. The van der Waals surface area contributed by atoms with Crippen LogP contribution >= 0.6 is 0 Å². The Kier molecular flexibility index (Phi) is 5.53. The Labute approximate surface area is 170 Å². The monoisotopic (exact) mass is 388 g/mol. The van der Waals surface area contributed by atoms with Crippen molar-refractivity contribution >= 4 is 29.3 Å². The predicted molar refractivity (Wildman–Crippen MR) is 114 cm³/mol. The summed E-state index contributed by atoms with van der Waals surface area (Å²) in [4.78, 5) is 32.5. The highest BCUT2D eigenvalue weighted by Crippen LogP contribution is 2.23. The molecule has 2 aromatic rings. The third-order valence-electron chi connectivity index (χ3n) is 5.18. The van der Waals surface area contributed by atoms with E-state index in [9.17, 15) is 9.59 Å². The molecule has 2 amide bonds. The number of amides is 2. The Morgan fingerprint density at radius 2 is 2.03 bits per heavy atom. The fraction of sp³-hybridized carbons (Fsp3) is 0.261. The first-order chi connectivity index (χ1) is 14.1. The second-order valence-electron chi connectivity index (χ2n) is 7.46. The van der Waals surface area contributed by atoms with E-state index in [4.69, 9.17) is 0 Å². The SMILES string of the molecule is CN1CC(=O)Nc2ncc(C=CC(=O)N3CC=C(c4ccccc4)CC3)cc2C1. The number of pyridine rings is 1. The van der Waals surface area contributed by atoms with E-state index in [1.165, 1.54) is 11.1 Å². The zero-order valence-electron chi connectivity index (χ0n) is 16.5. The van der Waals surface area contributed by atoms with Crippen molar-refractivity contribution in [2.45, 2.75) is 13.0 Å². The van der Waals surface area contributed by atoms with E-state index in [1.54, 1.807) is 18.3 Å². The van der Waals surface area contributed by atoms with E-state index in [0.29, 0.717) is 32.0 Å². The molecule has 3 heterocycles. The molecule has 2 aliphatic rings. The quantitative estimate of drug-likeness (QED) is 0.822. The van der Waals surface area contributed by atoms with Gasteiger partial charge in [-0.25, -0.2) is 4.98 Å². The summed E-state index contributed by atoms with van der Waals surface area (Å²) in [6.45, 7) is 2.30. The van der Waals surface area contributed by atoms with E-state index in [2.05, 4.69) is 28.5 Å². The van der Waals surface area contributed by atoms with Crippen LogP contribution in [-0.4, -0.2) is 53.3 Å². The number of hydrogen-bond donors (Lipinski definition) is 1. The molecule has 148 valence electrons. The maximum Gasteiger partial charge on any atom is 0.246 e. The number of benzene rings is 1. The summed E-state index contributed by atoms with van der Waals surface area (Å²) in [5, 5.41) is 2.82. The molecule has 6 nitrogen and oxygen atoms in total. The minimum absolute atomic E-state index is 0.00581. The number of carbonyl (C=O) groups excluding carboxylic acids is 2. The van der Waals surface area contributed by atoms with Crippen molar-refractivity contribution in [1.82, 2.24) is 14.8 Å². The fourth-order valence-electron chi connectivity index (χ4n) is 3.67. The highest BCUT2D eigenvalue weighted by Gasteiger charge is 2.18. The minimum Gasteiger partial charge on any atom is -0.335 e. The molecular weight excluding hydrogens is 364 g/mol. The van der Waals surface area contributed by atoms with E-state index < -0.39 is 0 Å². The number of carbonyl (C=O) groups is 2. The van der Waals surface area contributed by atoms with Gasteiger partial charge in [0.15, 0.2) is 0 Å². The van der Waals surface area contributed by atoms with Gasteiger partial charge in [0.25, 0.3) is 0 Å². The second-order valence-corrected chi connectivity index (χ2v) is 7.46. The van der Waals surface area contributed by atoms with Crippen molar-refractivity contribution < 1.29 is 9.59 Å². The predicted octanol–water partition coefficient (Wildman–Crippen LogP) is 2.79. The minimum atomic E-state index is -0.0646. The molecule has 0 aliphatic carbocycles. The average molecular weight is 388 g/mol. The third-order valence-corrected chi connectivity index (χ3v) is 5.18. The molecule has 0 atom stereocenters. The van der Waals surface area contributed by atoms with Crippen LogP contribution in [0.5, 0.6) is 0 Å². The summed E-state index contributed by atoms with van der Waals surface area (Å²) in [6, 6.07) is 12.3. The molecule has 0 bridgehead atoms. The summed E-state index contributed by atoms with van der Waals surface area (Å²) < 4.78 is 0. The van der Waals surface area contributed by atoms with E-state index in [0.717, 1.165) is 17.5 Å². The zero-order chi connectivity index (χ0) is 20.2. The van der Waals surface area contributed by atoms with Crippen molar-refractivity contribution in [1.29, 1.82) is 0 Å². The first-order valence-electron chi connectivity index (χ1n) is 9.77. The largest absolute Gasteiger partial charge is 0.335 e. The van der Waals surface area contributed by atoms with Crippen molar-refractivity contribution in [2.75, 3.05) is 32.0 Å². The second kappa shape index (κ2) is 8.41. The number of anilines is 1. The molecule has 1 N–H and O–H groups in total. The summed E-state index contributed by atoms with van der Waals surface area (Å²) >= 11 is 0. The number of hydrogen-bond acceptors (Lipinski definition) is 4. The summed E-state index contributed by atoms with van der Waals surface area (Å²) in [5.41, 5.74) is 4.31. The van der Waals surface area contributed by atoms with Crippen LogP contribution in [0.2, 0.25) is 0 Å². The molecule has 0 fully saturated rings. The Hall–Kier alpha value is -3.25. The highest BCUT2D eigenvalue weighted by molar-refractivity contribution is 5.94. The van der Waals surface area contributed by atoms with Gasteiger partial charge in [0.05, 0.1) is 6.54 Å². The molecule has 1 aromatic carbocycles. The maximum absolute atomic E-state index is 12.6. The van der Waals surface area contributed by atoms with Crippen LogP contribution in [0.1, 0.15) is 23.1 Å². The molecule has 4 rings (SSSR count). The lowest BCUT2D eigenvalue weighted by Crippen LogP contribution is -2.33. The van der Waals surface area contributed by atoms with E-state index in [1.807, 2.05) is 41.1 Å². The van der Waals surface area contributed by atoms with Gasteiger partial charge in [-0.15, -0.1) is 0 Å². The Bertz CT molecular complexity index is 982. The van der Waals surface area contributed by atoms with Crippen LogP contribution in [0.25, 0.3) is 11.6 Å². The first-order valence-corrected chi connectivity index (χ1v) is 9.77. The van der Waals surface area contributed by atoms with Crippen LogP contribution in [0.15, 0.2) is 54.7 Å². The molecule has 2 aliphatic heterocycles. The van der Waals surface area contributed by atoms with Gasteiger partial charge in [-0.2, -0.15) is 0 Å².